The van der Waals surface area contributed by atoms with Crippen molar-refractivity contribution in [1.82, 2.24) is 19.9 Å². The number of thiazole rings is 1. The van der Waals surface area contributed by atoms with Crippen LogP contribution in [-0.2, 0) is 6.54 Å². The highest BCUT2D eigenvalue weighted by atomic mass is 32.1. The van der Waals surface area contributed by atoms with Crippen LogP contribution in [0.1, 0.15) is 37.0 Å². The van der Waals surface area contributed by atoms with Gasteiger partial charge < -0.3 is 9.88 Å². The van der Waals surface area contributed by atoms with Gasteiger partial charge in [-0.3, -0.25) is 0 Å². The van der Waals surface area contributed by atoms with Crippen LogP contribution >= 0.6 is 11.3 Å². The SMILES string of the molecule is CCNCc1cn(C(CC)c2nccs2)cn1. The molecule has 1 unspecified atom stereocenters. The van der Waals surface area contributed by atoms with Crippen LogP contribution < -0.4 is 5.32 Å². The normalized spacial score (nSPS) is 12.8. The maximum Gasteiger partial charge on any atom is 0.115 e. The van der Waals surface area contributed by atoms with E-state index in [1.807, 2.05) is 17.9 Å². The second-order valence-electron chi connectivity index (χ2n) is 3.89. The average molecular weight is 250 g/mol. The molecule has 5 heteroatoms. The molecule has 0 aliphatic carbocycles. The molecule has 1 atom stereocenters. The first kappa shape index (κ1) is 12.3. The molecular formula is C12H18N4S. The van der Waals surface area contributed by atoms with Gasteiger partial charge in [-0.25, -0.2) is 9.97 Å². The predicted molar refractivity (Wildman–Crippen MR) is 70.2 cm³/mol. The standard InChI is InChI=1S/C12H18N4S/c1-3-11(12-14-5-6-17-12)16-8-10(15-9-16)7-13-4-2/h5-6,8-9,11,13H,3-4,7H2,1-2H3. The van der Waals surface area contributed by atoms with Gasteiger partial charge in [-0.15, -0.1) is 11.3 Å². The van der Waals surface area contributed by atoms with Crippen LogP contribution in [0.2, 0.25) is 0 Å². The van der Waals surface area contributed by atoms with Gasteiger partial charge in [-0.1, -0.05) is 13.8 Å². The van der Waals surface area contributed by atoms with Crippen LogP contribution in [0, 0.1) is 0 Å². The van der Waals surface area contributed by atoms with Crippen molar-refractivity contribution in [3.63, 3.8) is 0 Å². The maximum atomic E-state index is 4.41. The molecular weight excluding hydrogens is 232 g/mol. The molecule has 0 radical (unpaired) electrons. The molecule has 0 aliphatic rings. The Morgan fingerprint density at radius 1 is 1.41 bits per heavy atom. The Hall–Kier alpha value is -1.20. The van der Waals surface area contributed by atoms with Crippen molar-refractivity contribution in [3.8, 4) is 0 Å². The molecule has 2 heterocycles. The number of hydrogen-bond acceptors (Lipinski definition) is 4. The topological polar surface area (TPSA) is 42.7 Å². The lowest BCUT2D eigenvalue weighted by molar-refractivity contribution is 0.562. The van der Waals surface area contributed by atoms with Crippen molar-refractivity contribution >= 4 is 11.3 Å². The minimum atomic E-state index is 0.317. The van der Waals surface area contributed by atoms with Gasteiger partial charge in [0, 0.05) is 24.3 Å². The van der Waals surface area contributed by atoms with E-state index in [1.54, 1.807) is 11.3 Å². The molecule has 0 amide bonds. The van der Waals surface area contributed by atoms with E-state index in [4.69, 9.17) is 0 Å². The zero-order valence-corrected chi connectivity index (χ0v) is 11.1. The summed E-state index contributed by atoms with van der Waals surface area (Å²) < 4.78 is 2.16. The molecule has 92 valence electrons. The summed E-state index contributed by atoms with van der Waals surface area (Å²) in [7, 11) is 0. The molecule has 1 N–H and O–H groups in total. The Morgan fingerprint density at radius 3 is 2.94 bits per heavy atom. The third-order valence-corrected chi connectivity index (χ3v) is 3.57. The molecule has 4 nitrogen and oxygen atoms in total. The van der Waals surface area contributed by atoms with E-state index in [0.717, 1.165) is 30.2 Å². The van der Waals surface area contributed by atoms with Gasteiger partial charge in [0.05, 0.1) is 18.1 Å². The quantitative estimate of drug-likeness (QED) is 0.856. The molecule has 0 saturated heterocycles. The molecule has 0 fully saturated rings. The van der Waals surface area contributed by atoms with Crippen LogP contribution in [-0.4, -0.2) is 21.1 Å². The van der Waals surface area contributed by atoms with Crippen molar-refractivity contribution < 1.29 is 0 Å². The third kappa shape index (κ3) is 2.92. The summed E-state index contributed by atoms with van der Waals surface area (Å²) in [4.78, 5) is 8.80. The first-order valence-electron chi connectivity index (χ1n) is 5.97. The number of nitrogens with one attached hydrogen (secondary N) is 1. The summed E-state index contributed by atoms with van der Waals surface area (Å²) in [6, 6.07) is 0.317. The summed E-state index contributed by atoms with van der Waals surface area (Å²) in [5, 5.41) is 6.46. The summed E-state index contributed by atoms with van der Waals surface area (Å²) in [5.41, 5.74) is 1.09. The monoisotopic (exact) mass is 250 g/mol. The van der Waals surface area contributed by atoms with Gasteiger partial charge >= 0.3 is 0 Å². The smallest absolute Gasteiger partial charge is 0.115 e. The van der Waals surface area contributed by atoms with Crippen LogP contribution in [0.4, 0.5) is 0 Å². The Kier molecular flexibility index (Phi) is 4.28. The van der Waals surface area contributed by atoms with Crippen LogP contribution in [0.15, 0.2) is 24.1 Å². The summed E-state index contributed by atoms with van der Waals surface area (Å²) in [6.45, 7) is 6.08. The first-order valence-corrected chi connectivity index (χ1v) is 6.85. The van der Waals surface area contributed by atoms with Crippen LogP contribution in [0.25, 0.3) is 0 Å². The van der Waals surface area contributed by atoms with E-state index >= 15 is 0 Å². The highest BCUT2D eigenvalue weighted by molar-refractivity contribution is 7.09. The van der Waals surface area contributed by atoms with Gasteiger partial charge in [0.15, 0.2) is 0 Å². The molecule has 17 heavy (non-hydrogen) atoms. The Bertz CT molecular complexity index is 435. The highest BCUT2D eigenvalue weighted by Crippen LogP contribution is 2.23. The van der Waals surface area contributed by atoms with Gasteiger partial charge in [0.25, 0.3) is 0 Å². The highest BCUT2D eigenvalue weighted by Gasteiger charge is 2.14. The second-order valence-corrected chi connectivity index (χ2v) is 4.81. The van der Waals surface area contributed by atoms with E-state index in [-0.39, 0.29) is 0 Å². The fraction of sp³-hybridized carbons (Fsp3) is 0.500. The van der Waals surface area contributed by atoms with Crippen LogP contribution in [0.5, 0.6) is 0 Å². The van der Waals surface area contributed by atoms with Gasteiger partial charge in [-0.2, -0.15) is 0 Å². The molecule has 2 aromatic heterocycles. The zero-order chi connectivity index (χ0) is 12.1. The van der Waals surface area contributed by atoms with E-state index in [9.17, 15) is 0 Å². The second kappa shape index (κ2) is 5.93. The van der Waals surface area contributed by atoms with Crippen molar-refractivity contribution in [2.75, 3.05) is 6.54 Å². The van der Waals surface area contributed by atoms with E-state index in [1.165, 1.54) is 0 Å². The van der Waals surface area contributed by atoms with Crippen LogP contribution in [0.3, 0.4) is 0 Å². The molecule has 0 spiro atoms. The Balaban J connectivity index is 2.12. The first-order chi connectivity index (χ1) is 8.35. The van der Waals surface area contributed by atoms with Crippen molar-refractivity contribution in [3.05, 3.63) is 34.8 Å². The molecule has 0 aliphatic heterocycles. The van der Waals surface area contributed by atoms with Crippen molar-refractivity contribution in [2.45, 2.75) is 32.9 Å². The third-order valence-electron chi connectivity index (χ3n) is 2.69. The molecule has 0 saturated carbocycles. The van der Waals surface area contributed by atoms with Gasteiger partial charge in [0.1, 0.15) is 5.01 Å². The zero-order valence-electron chi connectivity index (χ0n) is 10.3. The summed E-state index contributed by atoms with van der Waals surface area (Å²) in [6.07, 6.45) is 6.91. The number of rotatable bonds is 6. The Morgan fingerprint density at radius 2 is 2.29 bits per heavy atom. The lowest BCUT2D eigenvalue weighted by Crippen LogP contribution is -2.12. The molecule has 0 bridgehead atoms. The van der Waals surface area contributed by atoms with Gasteiger partial charge in [0.2, 0.25) is 0 Å². The fourth-order valence-corrected chi connectivity index (χ4v) is 2.63. The fourth-order valence-electron chi connectivity index (χ4n) is 1.81. The molecule has 2 aromatic rings. The van der Waals surface area contributed by atoms with Crippen molar-refractivity contribution in [1.29, 1.82) is 0 Å². The maximum absolute atomic E-state index is 4.41. The number of aromatic nitrogens is 3. The summed E-state index contributed by atoms with van der Waals surface area (Å²) in [5.74, 6) is 0. The Labute approximate surface area is 106 Å². The lowest BCUT2D eigenvalue weighted by Gasteiger charge is -2.13. The molecule has 2 rings (SSSR count). The molecule has 0 aromatic carbocycles. The number of nitrogens with zero attached hydrogens (tertiary/aromatic N) is 3. The lowest BCUT2D eigenvalue weighted by atomic mass is 10.2. The van der Waals surface area contributed by atoms with Crippen molar-refractivity contribution in [2.24, 2.45) is 0 Å². The minimum Gasteiger partial charge on any atom is -0.327 e. The minimum absolute atomic E-state index is 0.317. The summed E-state index contributed by atoms with van der Waals surface area (Å²) >= 11 is 1.70. The van der Waals surface area contributed by atoms with E-state index in [2.05, 4.69) is 39.9 Å². The number of imidazole rings is 1. The average Bonchev–Trinajstić information content (AvgIpc) is 2.99. The number of hydrogen-bond donors (Lipinski definition) is 1. The van der Waals surface area contributed by atoms with E-state index < -0.39 is 0 Å². The largest absolute Gasteiger partial charge is 0.327 e. The van der Waals surface area contributed by atoms with Gasteiger partial charge in [-0.05, 0) is 13.0 Å². The predicted octanol–water partition coefficient (Wildman–Crippen LogP) is 2.45. The van der Waals surface area contributed by atoms with E-state index in [0.29, 0.717) is 6.04 Å².